The van der Waals surface area contributed by atoms with Crippen LogP contribution in [-0.2, 0) is 9.53 Å². The van der Waals surface area contributed by atoms with Gasteiger partial charge in [-0.25, -0.2) is 4.79 Å². The summed E-state index contributed by atoms with van der Waals surface area (Å²) >= 11 is 1.14. The van der Waals surface area contributed by atoms with Crippen molar-refractivity contribution in [3.8, 4) is 10.4 Å². The van der Waals surface area contributed by atoms with Gasteiger partial charge in [0.2, 0.25) is 11.7 Å². The van der Waals surface area contributed by atoms with E-state index in [-0.39, 0.29) is 23.1 Å². The van der Waals surface area contributed by atoms with Crippen LogP contribution in [0.1, 0.15) is 24.4 Å². The van der Waals surface area contributed by atoms with Crippen molar-refractivity contribution < 1.29 is 18.7 Å². The summed E-state index contributed by atoms with van der Waals surface area (Å²) in [5.41, 5.74) is 0.814. The number of benzene rings is 1. The largest absolute Gasteiger partial charge is 0.460 e. The number of nitrogens with zero attached hydrogens (tertiary/aromatic N) is 1. The van der Waals surface area contributed by atoms with Gasteiger partial charge < -0.3 is 9.15 Å². The number of rotatable bonds is 3. The predicted octanol–water partition coefficient (Wildman–Crippen LogP) is 2.63. The molecule has 1 heterocycles. The smallest absolute Gasteiger partial charge is 0.375 e. The number of hydrogen-bond donors (Lipinski definition) is 0. The highest BCUT2D eigenvalue weighted by atomic mass is 32.1. The van der Waals surface area contributed by atoms with Gasteiger partial charge in [-0.2, -0.15) is 4.99 Å². The molecule has 5 nitrogen and oxygen atoms in total. The van der Waals surface area contributed by atoms with Crippen molar-refractivity contribution >= 4 is 23.2 Å². The molecule has 6 heteroatoms. The van der Waals surface area contributed by atoms with Gasteiger partial charge in [0.05, 0.1) is 11.5 Å². The Bertz CT molecular complexity index is 685. The van der Waals surface area contributed by atoms with Crippen LogP contribution in [0.25, 0.3) is 10.4 Å². The lowest BCUT2D eigenvalue weighted by atomic mass is 10.2. The highest BCUT2D eigenvalue weighted by Gasteiger charge is 2.20. The SMILES string of the molecule is CCOC(=O)c1oc(=NC(C)=O)sc1-c1ccccc1. The first-order valence-electron chi connectivity index (χ1n) is 6.03. The van der Waals surface area contributed by atoms with Gasteiger partial charge in [-0.05, 0) is 12.5 Å². The lowest BCUT2D eigenvalue weighted by Gasteiger charge is -2.01. The molecule has 1 aromatic carbocycles. The normalized spacial score (nSPS) is 11.4. The Morgan fingerprint density at radius 1 is 1.30 bits per heavy atom. The van der Waals surface area contributed by atoms with Crippen LogP contribution in [0.2, 0.25) is 0 Å². The van der Waals surface area contributed by atoms with E-state index >= 15 is 0 Å². The maximum atomic E-state index is 11.9. The van der Waals surface area contributed by atoms with Gasteiger partial charge in [0, 0.05) is 6.92 Å². The molecule has 0 aliphatic carbocycles. The van der Waals surface area contributed by atoms with Crippen molar-refractivity contribution in [2.45, 2.75) is 13.8 Å². The average Bonchev–Trinajstić information content (AvgIpc) is 2.83. The monoisotopic (exact) mass is 291 g/mol. The Morgan fingerprint density at radius 2 is 2.00 bits per heavy atom. The molecule has 1 aromatic heterocycles. The van der Waals surface area contributed by atoms with Gasteiger partial charge in [-0.1, -0.05) is 41.7 Å². The molecule has 0 radical (unpaired) electrons. The lowest BCUT2D eigenvalue weighted by Crippen LogP contribution is -2.05. The zero-order valence-corrected chi connectivity index (χ0v) is 11.9. The van der Waals surface area contributed by atoms with Crippen LogP contribution in [0.5, 0.6) is 0 Å². The molecule has 2 rings (SSSR count). The zero-order chi connectivity index (χ0) is 14.5. The van der Waals surface area contributed by atoms with Crippen molar-refractivity contribution in [2.24, 2.45) is 4.99 Å². The van der Waals surface area contributed by atoms with Crippen LogP contribution < -0.4 is 4.87 Å². The van der Waals surface area contributed by atoms with Crippen LogP contribution in [0.15, 0.2) is 39.7 Å². The summed E-state index contributed by atoms with van der Waals surface area (Å²) in [6.07, 6.45) is 0. The summed E-state index contributed by atoms with van der Waals surface area (Å²) < 4.78 is 10.3. The number of amides is 1. The van der Waals surface area contributed by atoms with Gasteiger partial charge in [0.1, 0.15) is 0 Å². The first-order valence-corrected chi connectivity index (χ1v) is 6.85. The Morgan fingerprint density at radius 3 is 2.60 bits per heavy atom. The molecular weight excluding hydrogens is 278 g/mol. The molecule has 0 aliphatic heterocycles. The molecule has 0 aliphatic rings. The van der Waals surface area contributed by atoms with E-state index in [1.165, 1.54) is 6.92 Å². The zero-order valence-electron chi connectivity index (χ0n) is 11.1. The van der Waals surface area contributed by atoms with E-state index in [2.05, 4.69) is 4.99 Å². The molecule has 0 saturated carbocycles. The van der Waals surface area contributed by atoms with E-state index in [0.29, 0.717) is 4.88 Å². The summed E-state index contributed by atoms with van der Waals surface area (Å²) in [7, 11) is 0. The molecule has 20 heavy (non-hydrogen) atoms. The first-order chi connectivity index (χ1) is 9.61. The minimum Gasteiger partial charge on any atom is -0.460 e. The van der Waals surface area contributed by atoms with E-state index in [1.807, 2.05) is 30.3 Å². The van der Waals surface area contributed by atoms with E-state index < -0.39 is 5.97 Å². The second-order valence-electron chi connectivity index (χ2n) is 3.85. The Labute approximate surface area is 119 Å². The summed E-state index contributed by atoms with van der Waals surface area (Å²) in [6, 6.07) is 9.28. The fourth-order valence-electron chi connectivity index (χ4n) is 1.57. The van der Waals surface area contributed by atoms with Gasteiger partial charge in [0.15, 0.2) is 0 Å². The quantitative estimate of drug-likeness (QED) is 0.815. The Hall–Kier alpha value is -2.21. The Kier molecular flexibility index (Phi) is 4.47. The van der Waals surface area contributed by atoms with Crippen molar-refractivity contribution in [3.63, 3.8) is 0 Å². The third kappa shape index (κ3) is 3.21. The van der Waals surface area contributed by atoms with E-state index in [0.717, 1.165) is 16.9 Å². The van der Waals surface area contributed by atoms with Crippen LogP contribution in [0.4, 0.5) is 0 Å². The summed E-state index contributed by atoms with van der Waals surface area (Å²) in [4.78, 5) is 27.4. The van der Waals surface area contributed by atoms with Crippen molar-refractivity contribution in [2.75, 3.05) is 6.61 Å². The second-order valence-corrected chi connectivity index (χ2v) is 4.81. The number of carbonyl (C=O) groups is 2. The summed E-state index contributed by atoms with van der Waals surface area (Å²) in [6.45, 7) is 3.28. The molecule has 0 N–H and O–H groups in total. The van der Waals surface area contributed by atoms with E-state index in [4.69, 9.17) is 9.15 Å². The predicted molar refractivity (Wildman–Crippen MR) is 74.2 cm³/mol. The van der Waals surface area contributed by atoms with Gasteiger partial charge in [-0.15, -0.1) is 0 Å². The van der Waals surface area contributed by atoms with Crippen LogP contribution in [-0.4, -0.2) is 18.5 Å². The molecule has 104 valence electrons. The fourth-order valence-corrected chi connectivity index (χ4v) is 2.52. The number of ether oxygens (including phenoxy) is 1. The second kappa shape index (κ2) is 6.29. The fraction of sp³-hybridized carbons (Fsp3) is 0.214. The lowest BCUT2D eigenvalue weighted by molar-refractivity contribution is -0.116. The van der Waals surface area contributed by atoms with E-state index in [9.17, 15) is 9.59 Å². The summed E-state index contributed by atoms with van der Waals surface area (Å²) in [5.74, 6) is -0.874. The molecule has 0 atom stereocenters. The molecule has 0 bridgehead atoms. The molecule has 0 fully saturated rings. The number of esters is 1. The third-order valence-electron chi connectivity index (χ3n) is 2.33. The van der Waals surface area contributed by atoms with Gasteiger partial charge in [-0.3, -0.25) is 4.79 Å². The Balaban J connectivity index is 2.56. The average molecular weight is 291 g/mol. The van der Waals surface area contributed by atoms with Crippen molar-refractivity contribution in [3.05, 3.63) is 41.0 Å². The molecule has 0 saturated heterocycles. The number of hydrogen-bond acceptors (Lipinski definition) is 5. The molecule has 0 unspecified atom stereocenters. The first kappa shape index (κ1) is 14.2. The maximum Gasteiger partial charge on any atom is 0.375 e. The minimum absolute atomic E-state index is 0.0723. The number of carbonyl (C=O) groups excluding carboxylic acids is 2. The molecule has 0 spiro atoms. The third-order valence-corrected chi connectivity index (χ3v) is 3.30. The molecule has 1 amide bonds. The van der Waals surface area contributed by atoms with E-state index in [1.54, 1.807) is 6.92 Å². The molecule has 2 aromatic rings. The highest BCUT2D eigenvalue weighted by molar-refractivity contribution is 7.13. The minimum atomic E-state index is -0.562. The van der Waals surface area contributed by atoms with Crippen molar-refractivity contribution in [1.82, 2.24) is 0 Å². The standard InChI is InChI=1S/C14H13NO4S/c1-3-18-13(17)11-12(10-7-5-4-6-8-10)20-14(19-11)15-9(2)16/h4-8H,3H2,1-2H3. The maximum absolute atomic E-state index is 11.9. The van der Waals surface area contributed by atoms with Crippen molar-refractivity contribution in [1.29, 1.82) is 0 Å². The van der Waals surface area contributed by atoms with Crippen LogP contribution in [0, 0.1) is 0 Å². The van der Waals surface area contributed by atoms with Gasteiger partial charge >= 0.3 is 5.97 Å². The summed E-state index contributed by atoms with van der Waals surface area (Å²) in [5, 5.41) is 0. The van der Waals surface area contributed by atoms with Crippen LogP contribution >= 0.6 is 11.3 Å². The van der Waals surface area contributed by atoms with Gasteiger partial charge in [0.25, 0.3) is 4.87 Å². The highest BCUT2D eigenvalue weighted by Crippen LogP contribution is 2.27. The molecular formula is C14H13NO4S. The topological polar surface area (TPSA) is 68.9 Å². The van der Waals surface area contributed by atoms with Crippen LogP contribution in [0.3, 0.4) is 0 Å².